The number of halogens is 2. The first-order valence-electron chi connectivity index (χ1n) is 6.96. The molecule has 1 aromatic rings. The Morgan fingerprint density at radius 3 is 2.52 bits per heavy atom. The van der Waals surface area contributed by atoms with E-state index in [2.05, 4.69) is 21.2 Å². The third kappa shape index (κ3) is 5.83. The molecule has 116 valence electrons. The quantitative estimate of drug-likeness (QED) is 0.813. The Labute approximate surface area is 132 Å². The molecule has 0 aliphatic rings. The Kier molecular flexibility index (Phi) is 7.36. The Hall–Kier alpha value is -1.43. The predicted molar refractivity (Wildman–Crippen MR) is 83.4 cm³/mol. The number of carbonyl (C=O) groups is 2. The van der Waals surface area contributed by atoms with Gasteiger partial charge in [0.15, 0.2) is 0 Å². The van der Waals surface area contributed by atoms with Crippen LogP contribution in [0.4, 0.5) is 4.39 Å². The molecule has 0 saturated heterocycles. The van der Waals surface area contributed by atoms with Gasteiger partial charge in [0, 0.05) is 24.0 Å². The van der Waals surface area contributed by atoms with Crippen LogP contribution in [0.5, 0.6) is 0 Å². The van der Waals surface area contributed by atoms with Crippen LogP contribution >= 0.6 is 15.9 Å². The fraction of sp³-hybridized carbons (Fsp3) is 0.467. The lowest BCUT2D eigenvalue weighted by molar-refractivity contribution is -0.132. The van der Waals surface area contributed by atoms with E-state index in [9.17, 15) is 14.0 Å². The number of nitrogens with zero attached hydrogens (tertiary/aromatic N) is 1. The monoisotopic (exact) mass is 358 g/mol. The van der Waals surface area contributed by atoms with Gasteiger partial charge >= 0.3 is 0 Å². The first-order valence-corrected chi connectivity index (χ1v) is 7.75. The summed E-state index contributed by atoms with van der Waals surface area (Å²) in [7, 11) is 0. The molecule has 0 aliphatic heterocycles. The Morgan fingerprint density at radius 2 is 1.95 bits per heavy atom. The van der Waals surface area contributed by atoms with Gasteiger partial charge in [-0.15, -0.1) is 0 Å². The molecule has 0 atom stereocenters. The van der Waals surface area contributed by atoms with Crippen molar-refractivity contribution in [2.75, 3.05) is 19.6 Å². The summed E-state index contributed by atoms with van der Waals surface area (Å²) in [5.74, 6) is -0.697. The van der Waals surface area contributed by atoms with Crippen molar-refractivity contribution in [1.82, 2.24) is 10.2 Å². The first-order chi connectivity index (χ1) is 9.97. The van der Waals surface area contributed by atoms with E-state index in [1.54, 1.807) is 17.0 Å². The molecule has 2 amide bonds. The molecule has 1 N–H and O–H groups in total. The summed E-state index contributed by atoms with van der Waals surface area (Å²) in [5.41, 5.74) is 0.489. The second kappa shape index (κ2) is 8.77. The highest BCUT2D eigenvalue weighted by Gasteiger charge is 2.11. The number of rotatable bonds is 7. The topological polar surface area (TPSA) is 49.4 Å². The van der Waals surface area contributed by atoms with E-state index in [-0.39, 0.29) is 30.6 Å². The van der Waals surface area contributed by atoms with E-state index >= 15 is 0 Å². The second-order valence-electron chi connectivity index (χ2n) is 4.58. The van der Waals surface area contributed by atoms with Crippen molar-refractivity contribution in [1.29, 1.82) is 0 Å². The summed E-state index contributed by atoms with van der Waals surface area (Å²) in [6, 6.07) is 4.76. The Bertz CT molecular complexity index is 504. The van der Waals surface area contributed by atoms with Crippen LogP contribution in [-0.2, 0) is 16.0 Å². The molecule has 0 aromatic heterocycles. The SMILES string of the molecule is CCN(CC)C(=O)CNC(=O)CCc1ccc(Br)cc1F. The molecule has 1 rings (SSSR count). The maximum absolute atomic E-state index is 13.6. The van der Waals surface area contributed by atoms with Crippen molar-refractivity contribution in [3.05, 3.63) is 34.1 Å². The number of hydrogen-bond acceptors (Lipinski definition) is 2. The molecule has 6 heteroatoms. The predicted octanol–water partition coefficient (Wildman–Crippen LogP) is 2.51. The van der Waals surface area contributed by atoms with Crippen LogP contribution in [0.15, 0.2) is 22.7 Å². The van der Waals surface area contributed by atoms with Gasteiger partial charge in [0.05, 0.1) is 6.54 Å². The van der Waals surface area contributed by atoms with Crippen LogP contribution in [0.25, 0.3) is 0 Å². The summed E-state index contributed by atoms with van der Waals surface area (Å²) in [4.78, 5) is 25.1. The molecule has 0 fully saturated rings. The van der Waals surface area contributed by atoms with Crippen LogP contribution < -0.4 is 5.32 Å². The molecule has 0 radical (unpaired) electrons. The average molecular weight is 359 g/mol. The van der Waals surface area contributed by atoms with E-state index in [1.165, 1.54) is 6.07 Å². The van der Waals surface area contributed by atoms with Crippen LogP contribution in [0.3, 0.4) is 0 Å². The summed E-state index contributed by atoms with van der Waals surface area (Å²) < 4.78 is 14.3. The van der Waals surface area contributed by atoms with E-state index in [4.69, 9.17) is 0 Å². The molecule has 0 aliphatic carbocycles. The summed E-state index contributed by atoms with van der Waals surface area (Å²) in [6.07, 6.45) is 0.467. The zero-order chi connectivity index (χ0) is 15.8. The van der Waals surface area contributed by atoms with Crippen LogP contribution in [0, 0.1) is 5.82 Å². The third-order valence-corrected chi connectivity index (χ3v) is 3.68. The highest BCUT2D eigenvalue weighted by atomic mass is 79.9. The third-order valence-electron chi connectivity index (χ3n) is 3.19. The number of aryl methyl sites for hydroxylation is 1. The van der Waals surface area contributed by atoms with Gasteiger partial charge in [0.25, 0.3) is 0 Å². The fourth-order valence-electron chi connectivity index (χ4n) is 1.92. The molecule has 4 nitrogen and oxygen atoms in total. The summed E-state index contributed by atoms with van der Waals surface area (Å²) >= 11 is 3.18. The summed E-state index contributed by atoms with van der Waals surface area (Å²) in [5, 5.41) is 2.57. The minimum absolute atomic E-state index is 0.0106. The number of amides is 2. The Morgan fingerprint density at radius 1 is 1.29 bits per heavy atom. The number of hydrogen-bond donors (Lipinski definition) is 1. The van der Waals surface area contributed by atoms with E-state index in [0.717, 1.165) is 0 Å². The minimum atomic E-state index is -0.337. The van der Waals surface area contributed by atoms with E-state index < -0.39 is 0 Å². The fourth-order valence-corrected chi connectivity index (χ4v) is 2.26. The lowest BCUT2D eigenvalue weighted by Gasteiger charge is -2.18. The van der Waals surface area contributed by atoms with Gasteiger partial charge in [-0.2, -0.15) is 0 Å². The molecule has 0 spiro atoms. The largest absolute Gasteiger partial charge is 0.347 e. The van der Waals surface area contributed by atoms with Crippen LogP contribution in [0.1, 0.15) is 25.8 Å². The smallest absolute Gasteiger partial charge is 0.241 e. The highest BCUT2D eigenvalue weighted by molar-refractivity contribution is 9.10. The van der Waals surface area contributed by atoms with Gasteiger partial charge in [0.1, 0.15) is 5.82 Å². The number of nitrogens with one attached hydrogen (secondary N) is 1. The lowest BCUT2D eigenvalue weighted by atomic mass is 10.1. The summed E-state index contributed by atoms with van der Waals surface area (Å²) in [6.45, 7) is 5.01. The van der Waals surface area contributed by atoms with Gasteiger partial charge in [0.2, 0.25) is 11.8 Å². The van der Waals surface area contributed by atoms with Crippen LogP contribution in [-0.4, -0.2) is 36.3 Å². The van der Waals surface area contributed by atoms with Crippen molar-refractivity contribution in [3.8, 4) is 0 Å². The van der Waals surface area contributed by atoms with Gasteiger partial charge in [-0.25, -0.2) is 4.39 Å². The molecule has 0 heterocycles. The zero-order valence-electron chi connectivity index (χ0n) is 12.3. The molecular weight excluding hydrogens is 339 g/mol. The number of likely N-dealkylation sites (N-methyl/N-ethyl adjacent to an activating group) is 1. The number of benzene rings is 1. The van der Waals surface area contributed by atoms with Gasteiger partial charge in [-0.1, -0.05) is 22.0 Å². The van der Waals surface area contributed by atoms with Gasteiger partial charge in [-0.05, 0) is 38.0 Å². The van der Waals surface area contributed by atoms with Crippen molar-refractivity contribution < 1.29 is 14.0 Å². The number of carbonyl (C=O) groups excluding carboxylic acids is 2. The van der Waals surface area contributed by atoms with Crippen LogP contribution in [0.2, 0.25) is 0 Å². The second-order valence-corrected chi connectivity index (χ2v) is 5.49. The van der Waals surface area contributed by atoms with E-state index in [1.807, 2.05) is 13.8 Å². The van der Waals surface area contributed by atoms with Crippen molar-refractivity contribution >= 4 is 27.7 Å². The normalized spacial score (nSPS) is 10.3. The average Bonchev–Trinajstić information content (AvgIpc) is 2.45. The van der Waals surface area contributed by atoms with Gasteiger partial charge < -0.3 is 10.2 Å². The maximum Gasteiger partial charge on any atom is 0.241 e. The van der Waals surface area contributed by atoms with Crippen molar-refractivity contribution in [2.24, 2.45) is 0 Å². The molecule has 0 saturated carbocycles. The zero-order valence-corrected chi connectivity index (χ0v) is 13.9. The Balaban J connectivity index is 2.39. The standard InChI is InChI=1S/C15H20BrFN2O2/c1-3-19(4-2)15(21)10-18-14(20)8-6-11-5-7-12(16)9-13(11)17/h5,7,9H,3-4,6,8,10H2,1-2H3,(H,18,20). The molecular formula is C15H20BrFN2O2. The lowest BCUT2D eigenvalue weighted by Crippen LogP contribution is -2.40. The maximum atomic E-state index is 13.6. The minimum Gasteiger partial charge on any atom is -0.347 e. The molecule has 0 bridgehead atoms. The van der Waals surface area contributed by atoms with E-state index in [0.29, 0.717) is 29.5 Å². The highest BCUT2D eigenvalue weighted by Crippen LogP contribution is 2.16. The molecule has 1 aromatic carbocycles. The molecule has 21 heavy (non-hydrogen) atoms. The van der Waals surface area contributed by atoms with Crippen molar-refractivity contribution in [3.63, 3.8) is 0 Å². The van der Waals surface area contributed by atoms with Crippen molar-refractivity contribution in [2.45, 2.75) is 26.7 Å². The molecule has 0 unspecified atom stereocenters. The van der Waals surface area contributed by atoms with Gasteiger partial charge in [-0.3, -0.25) is 9.59 Å². The first kappa shape index (κ1) is 17.6.